The predicted octanol–water partition coefficient (Wildman–Crippen LogP) is 2.20. The van der Waals surface area contributed by atoms with Crippen molar-refractivity contribution in [2.24, 2.45) is 5.73 Å². The third-order valence-corrected chi connectivity index (χ3v) is 3.14. The highest BCUT2D eigenvalue weighted by molar-refractivity contribution is 7.98. The summed E-state index contributed by atoms with van der Waals surface area (Å²) in [6, 6.07) is 6.48. The van der Waals surface area contributed by atoms with Crippen LogP contribution in [0, 0.1) is 0 Å². The second kappa shape index (κ2) is 5.88. The van der Waals surface area contributed by atoms with E-state index in [9.17, 15) is 5.11 Å². The quantitative estimate of drug-likeness (QED) is 0.862. The van der Waals surface area contributed by atoms with Gasteiger partial charge in [-0.3, -0.25) is 0 Å². The van der Waals surface area contributed by atoms with Crippen LogP contribution in [0.25, 0.3) is 11.4 Å². The van der Waals surface area contributed by atoms with E-state index in [1.165, 1.54) is 0 Å². The standard InChI is InChI=1S/C12H15N3O2S/c1-18-6-5-10(13)12-14-11(15-17-12)8-3-2-4-9(16)7-8/h2-4,7,10,16H,5-6,13H2,1H3/t10-/m1/s1. The lowest BCUT2D eigenvalue weighted by Gasteiger charge is -2.03. The third-order valence-electron chi connectivity index (χ3n) is 2.50. The normalized spacial score (nSPS) is 12.6. The van der Waals surface area contributed by atoms with Gasteiger partial charge in [0.2, 0.25) is 11.7 Å². The molecule has 2 aromatic rings. The monoisotopic (exact) mass is 265 g/mol. The minimum absolute atomic E-state index is 0.172. The number of hydrogen-bond donors (Lipinski definition) is 2. The maximum Gasteiger partial charge on any atom is 0.243 e. The Balaban J connectivity index is 2.15. The molecule has 0 amide bonds. The van der Waals surface area contributed by atoms with Crippen LogP contribution in [0.15, 0.2) is 28.8 Å². The number of aromatic hydroxyl groups is 1. The average molecular weight is 265 g/mol. The zero-order valence-corrected chi connectivity index (χ0v) is 10.9. The van der Waals surface area contributed by atoms with Gasteiger partial charge in [-0.25, -0.2) is 0 Å². The van der Waals surface area contributed by atoms with Gasteiger partial charge in [-0.05, 0) is 30.6 Å². The van der Waals surface area contributed by atoms with Gasteiger partial charge in [-0.1, -0.05) is 17.3 Å². The van der Waals surface area contributed by atoms with E-state index in [1.807, 2.05) is 12.3 Å². The Labute approximate surface area is 109 Å². The predicted molar refractivity (Wildman–Crippen MR) is 71.3 cm³/mol. The van der Waals surface area contributed by atoms with E-state index in [0.29, 0.717) is 17.3 Å². The van der Waals surface area contributed by atoms with E-state index in [4.69, 9.17) is 10.3 Å². The first-order chi connectivity index (χ1) is 8.70. The minimum Gasteiger partial charge on any atom is -0.508 e. The first-order valence-corrected chi connectivity index (χ1v) is 6.97. The van der Waals surface area contributed by atoms with Crippen molar-refractivity contribution < 1.29 is 9.63 Å². The van der Waals surface area contributed by atoms with E-state index in [1.54, 1.807) is 30.0 Å². The van der Waals surface area contributed by atoms with Gasteiger partial charge in [-0.15, -0.1) is 0 Å². The number of thioether (sulfide) groups is 1. The Bertz CT molecular complexity index is 516. The number of nitrogens with zero attached hydrogens (tertiary/aromatic N) is 2. The number of benzene rings is 1. The van der Waals surface area contributed by atoms with Crippen LogP contribution < -0.4 is 5.73 Å². The number of hydrogen-bond acceptors (Lipinski definition) is 6. The summed E-state index contributed by atoms with van der Waals surface area (Å²) in [6.45, 7) is 0. The van der Waals surface area contributed by atoms with Crippen LogP contribution in [-0.4, -0.2) is 27.3 Å². The Morgan fingerprint density at radius 3 is 3.06 bits per heavy atom. The fraction of sp³-hybridized carbons (Fsp3) is 0.333. The van der Waals surface area contributed by atoms with Crippen molar-refractivity contribution in [1.82, 2.24) is 10.1 Å². The zero-order chi connectivity index (χ0) is 13.0. The van der Waals surface area contributed by atoms with Crippen molar-refractivity contribution in [3.63, 3.8) is 0 Å². The summed E-state index contributed by atoms with van der Waals surface area (Å²) in [5, 5.41) is 13.3. The van der Waals surface area contributed by atoms with Crippen LogP contribution in [0.1, 0.15) is 18.4 Å². The lowest BCUT2D eigenvalue weighted by molar-refractivity contribution is 0.353. The highest BCUT2D eigenvalue weighted by atomic mass is 32.2. The Hall–Kier alpha value is -1.53. The topological polar surface area (TPSA) is 85.2 Å². The van der Waals surface area contributed by atoms with Crippen molar-refractivity contribution in [1.29, 1.82) is 0 Å². The van der Waals surface area contributed by atoms with Crippen molar-refractivity contribution in [3.05, 3.63) is 30.2 Å². The van der Waals surface area contributed by atoms with Crippen LogP contribution in [0.3, 0.4) is 0 Å². The highest BCUT2D eigenvalue weighted by Gasteiger charge is 2.15. The number of phenols is 1. The molecule has 0 saturated carbocycles. The first kappa shape index (κ1) is 12.9. The van der Waals surface area contributed by atoms with Crippen molar-refractivity contribution in [2.75, 3.05) is 12.0 Å². The van der Waals surface area contributed by atoms with Gasteiger partial charge in [0.1, 0.15) is 5.75 Å². The molecular formula is C12H15N3O2S. The lowest BCUT2D eigenvalue weighted by atomic mass is 10.2. The fourth-order valence-electron chi connectivity index (χ4n) is 1.52. The molecule has 1 atom stereocenters. The summed E-state index contributed by atoms with van der Waals surface area (Å²) >= 11 is 1.73. The van der Waals surface area contributed by atoms with Gasteiger partial charge in [0, 0.05) is 5.56 Å². The molecule has 1 aromatic heterocycles. The summed E-state index contributed by atoms with van der Waals surface area (Å²) in [4.78, 5) is 4.25. The number of rotatable bonds is 5. The SMILES string of the molecule is CSCC[C@@H](N)c1nc(-c2cccc(O)c2)no1. The van der Waals surface area contributed by atoms with Crippen LogP contribution in [0.4, 0.5) is 0 Å². The molecule has 0 radical (unpaired) electrons. The van der Waals surface area contributed by atoms with E-state index in [-0.39, 0.29) is 11.8 Å². The number of nitrogens with two attached hydrogens (primary N) is 1. The molecule has 0 aliphatic rings. The second-order valence-corrected chi connectivity index (χ2v) is 4.88. The summed E-state index contributed by atoms with van der Waals surface area (Å²) in [5.41, 5.74) is 6.65. The molecule has 6 heteroatoms. The Kier molecular flexibility index (Phi) is 4.22. The van der Waals surface area contributed by atoms with Gasteiger partial charge < -0.3 is 15.4 Å². The molecule has 0 saturated heterocycles. The van der Waals surface area contributed by atoms with Crippen molar-refractivity contribution >= 4 is 11.8 Å². The smallest absolute Gasteiger partial charge is 0.243 e. The maximum atomic E-state index is 9.39. The molecule has 2 rings (SSSR count). The Morgan fingerprint density at radius 2 is 2.33 bits per heavy atom. The van der Waals surface area contributed by atoms with E-state index in [0.717, 1.165) is 12.2 Å². The van der Waals surface area contributed by atoms with Gasteiger partial charge in [-0.2, -0.15) is 16.7 Å². The van der Waals surface area contributed by atoms with Crippen molar-refractivity contribution in [2.45, 2.75) is 12.5 Å². The molecule has 0 aliphatic carbocycles. The molecule has 5 nitrogen and oxygen atoms in total. The molecule has 0 unspecified atom stereocenters. The summed E-state index contributed by atoms with van der Waals surface area (Å²) in [7, 11) is 0. The zero-order valence-electron chi connectivity index (χ0n) is 10.0. The second-order valence-electron chi connectivity index (χ2n) is 3.89. The lowest BCUT2D eigenvalue weighted by Crippen LogP contribution is -2.11. The van der Waals surface area contributed by atoms with Crippen LogP contribution >= 0.6 is 11.8 Å². The van der Waals surface area contributed by atoms with Gasteiger partial charge in [0.05, 0.1) is 6.04 Å². The Morgan fingerprint density at radius 1 is 1.50 bits per heavy atom. The van der Waals surface area contributed by atoms with E-state index in [2.05, 4.69) is 10.1 Å². The van der Waals surface area contributed by atoms with Gasteiger partial charge in [0.15, 0.2) is 0 Å². The molecule has 96 valence electrons. The summed E-state index contributed by atoms with van der Waals surface area (Å²) < 4.78 is 5.14. The average Bonchev–Trinajstić information content (AvgIpc) is 2.85. The molecule has 1 aromatic carbocycles. The highest BCUT2D eigenvalue weighted by Crippen LogP contribution is 2.22. The largest absolute Gasteiger partial charge is 0.508 e. The molecule has 3 N–H and O–H groups in total. The maximum absolute atomic E-state index is 9.39. The molecule has 1 heterocycles. The van der Waals surface area contributed by atoms with E-state index >= 15 is 0 Å². The summed E-state index contributed by atoms with van der Waals surface area (Å²) in [6.07, 6.45) is 2.82. The van der Waals surface area contributed by atoms with Gasteiger partial charge >= 0.3 is 0 Å². The fourth-order valence-corrected chi connectivity index (χ4v) is 2.01. The third kappa shape index (κ3) is 3.02. The van der Waals surface area contributed by atoms with Gasteiger partial charge in [0.25, 0.3) is 0 Å². The molecule has 0 bridgehead atoms. The van der Waals surface area contributed by atoms with E-state index < -0.39 is 0 Å². The first-order valence-electron chi connectivity index (χ1n) is 5.58. The van der Waals surface area contributed by atoms with Crippen LogP contribution in [0.2, 0.25) is 0 Å². The molecule has 0 aliphatic heterocycles. The molecular weight excluding hydrogens is 250 g/mol. The van der Waals surface area contributed by atoms with Crippen molar-refractivity contribution in [3.8, 4) is 17.1 Å². The molecule has 0 spiro atoms. The molecule has 0 fully saturated rings. The van der Waals surface area contributed by atoms with Crippen LogP contribution in [-0.2, 0) is 0 Å². The van der Waals surface area contributed by atoms with Crippen LogP contribution in [0.5, 0.6) is 5.75 Å². The number of phenolic OH excluding ortho intramolecular Hbond substituents is 1. The number of aromatic nitrogens is 2. The molecule has 18 heavy (non-hydrogen) atoms. The minimum atomic E-state index is -0.240. The summed E-state index contributed by atoms with van der Waals surface area (Å²) in [5.74, 6) is 2.00.